The largest absolute Gasteiger partial charge is 0.318 e. The Hall–Kier alpha value is -0.200. The van der Waals surface area contributed by atoms with E-state index in [4.69, 9.17) is 11.0 Å². The molecule has 0 aromatic carbocycles. The normalized spacial score (nSPS) is 12.5. The zero-order valence-corrected chi connectivity index (χ0v) is 7.16. The quantitative estimate of drug-likeness (QED) is 0.378. The molecule has 0 aromatic rings. The Kier molecular flexibility index (Phi) is 6.78. The summed E-state index contributed by atoms with van der Waals surface area (Å²) in [6, 6.07) is 0. The van der Waals surface area contributed by atoms with Crippen molar-refractivity contribution in [3.05, 3.63) is 0 Å². The van der Waals surface area contributed by atoms with Gasteiger partial charge in [-0.25, -0.2) is 0 Å². The Bertz CT molecular complexity index is 109. The van der Waals surface area contributed by atoms with Crippen LogP contribution in [0.4, 0.5) is 0 Å². The van der Waals surface area contributed by atoms with Gasteiger partial charge in [0.05, 0.1) is 5.37 Å². The molecule has 0 rings (SSSR count). The van der Waals surface area contributed by atoms with Crippen LogP contribution in [0.3, 0.4) is 0 Å². The van der Waals surface area contributed by atoms with Crippen molar-refractivity contribution in [1.29, 1.82) is 5.26 Å². The third kappa shape index (κ3) is 5.93. The average Bonchev–Trinajstić information content (AvgIpc) is 1.89. The summed E-state index contributed by atoms with van der Waals surface area (Å²) in [5.74, 6) is 0. The molecule has 0 bridgehead atoms. The van der Waals surface area contributed by atoms with E-state index in [-0.39, 0.29) is 5.37 Å². The molecule has 1 atom stereocenters. The van der Waals surface area contributed by atoms with E-state index >= 15 is 0 Å². The standard InChI is InChI=1S/C7H14N2S/c1-2-3-4-5-7(9)10-6-8/h7H,2-5,9H2,1H3. The van der Waals surface area contributed by atoms with Gasteiger partial charge in [0.2, 0.25) is 0 Å². The minimum absolute atomic E-state index is 0.0246. The van der Waals surface area contributed by atoms with Crippen molar-refractivity contribution in [2.75, 3.05) is 0 Å². The maximum Gasteiger partial charge on any atom is 0.134 e. The number of nitriles is 1. The van der Waals surface area contributed by atoms with E-state index in [9.17, 15) is 0 Å². The molecule has 1 unspecified atom stereocenters. The van der Waals surface area contributed by atoms with Crippen LogP contribution in [0, 0.1) is 10.7 Å². The molecular weight excluding hydrogens is 144 g/mol. The van der Waals surface area contributed by atoms with Gasteiger partial charge in [-0.2, -0.15) is 5.26 Å². The summed E-state index contributed by atoms with van der Waals surface area (Å²) < 4.78 is 0. The first-order valence-electron chi connectivity index (χ1n) is 3.61. The van der Waals surface area contributed by atoms with E-state index in [2.05, 4.69) is 6.92 Å². The fraction of sp³-hybridized carbons (Fsp3) is 0.857. The summed E-state index contributed by atoms with van der Waals surface area (Å²) in [5, 5.41) is 10.2. The van der Waals surface area contributed by atoms with E-state index in [1.54, 1.807) is 0 Å². The summed E-state index contributed by atoms with van der Waals surface area (Å²) in [6.07, 6.45) is 4.54. The Morgan fingerprint density at radius 1 is 1.60 bits per heavy atom. The molecule has 0 amide bonds. The van der Waals surface area contributed by atoms with Crippen LogP contribution >= 0.6 is 11.8 Å². The summed E-state index contributed by atoms with van der Waals surface area (Å²) in [6.45, 7) is 2.16. The smallest absolute Gasteiger partial charge is 0.134 e. The molecule has 10 heavy (non-hydrogen) atoms. The van der Waals surface area contributed by atoms with Crippen LogP contribution < -0.4 is 5.73 Å². The Labute approximate surface area is 66.8 Å². The van der Waals surface area contributed by atoms with E-state index in [0.717, 1.165) is 12.8 Å². The molecule has 0 saturated carbocycles. The van der Waals surface area contributed by atoms with E-state index in [1.807, 2.05) is 5.40 Å². The molecule has 0 saturated heterocycles. The zero-order valence-electron chi connectivity index (χ0n) is 6.34. The van der Waals surface area contributed by atoms with Crippen LogP contribution in [-0.4, -0.2) is 5.37 Å². The van der Waals surface area contributed by atoms with Crippen LogP contribution in [0.2, 0.25) is 0 Å². The maximum atomic E-state index is 8.23. The average molecular weight is 158 g/mol. The number of thiocyanates is 1. The lowest BCUT2D eigenvalue weighted by Gasteiger charge is -2.03. The first kappa shape index (κ1) is 9.80. The molecule has 0 heterocycles. The molecule has 0 aliphatic carbocycles. The topological polar surface area (TPSA) is 49.8 Å². The molecule has 0 aromatic heterocycles. The van der Waals surface area contributed by atoms with Crippen LogP contribution in [0.25, 0.3) is 0 Å². The SMILES string of the molecule is CCCCCC(N)SC#N. The summed E-state index contributed by atoms with van der Waals surface area (Å²) in [5.41, 5.74) is 5.57. The summed E-state index contributed by atoms with van der Waals surface area (Å²) in [7, 11) is 0. The second-order valence-electron chi connectivity index (χ2n) is 2.24. The first-order valence-corrected chi connectivity index (χ1v) is 4.49. The van der Waals surface area contributed by atoms with Gasteiger partial charge in [0.15, 0.2) is 0 Å². The Morgan fingerprint density at radius 2 is 2.30 bits per heavy atom. The lowest BCUT2D eigenvalue weighted by atomic mass is 10.2. The number of nitrogens with two attached hydrogens (primary N) is 1. The number of hydrogen-bond donors (Lipinski definition) is 1. The minimum atomic E-state index is 0.0246. The van der Waals surface area contributed by atoms with Crippen molar-refractivity contribution in [2.24, 2.45) is 5.73 Å². The van der Waals surface area contributed by atoms with Crippen LogP contribution in [0.1, 0.15) is 32.6 Å². The molecule has 0 aliphatic rings. The number of thioether (sulfide) groups is 1. The molecule has 3 heteroatoms. The zero-order chi connectivity index (χ0) is 7.82. The third-order valence-electron chi connectivity index (χ3n) is 1.30. The fourth-order valence-corrected chi connectivity index (χ4v) is 1.14. The molecule has 58 valence electrons. The molecule has 0 aliphatic heterocycles. The highest BCUT2D eigenvalue weighted by molar-refractivity contribution is 8.04. The summed E-state index contributed by atoms with van der Waals surface area (Å²) in [4.78, 5) is 0. The summed E-state index contributed by atoms with van der Waals surface area (Å²) >= 11 is 1.17. The first-order chi connectivity index (χ1) is 4.81. The molecular formula is C7H14N2S. The minimum Gasteiger partial charge on any atom is -0.318 e. The van der Waals surface area contributed by atoms with Crippen molar-refractivity contribution < 1.29 is 0 Å². The van der Waals surface area contributed by atoms with Crippen LogP contribution in [0.5, 0.6) is 0 Å². The second-order valence-corrected chi connectivity index (χ2v) is 3.27. The van der Waals surface area contributed by atoms with Gasteiger partial charge in [-0.1, -0.05) is 26.2 Å². The number of unbranched alkanes of at least 4 members (excludes halogenated alkanes) is 2. The molecule has 2 nitrogen and oxygen atoms in total. The third-order valence-corrected chi connectivity index (χ3v) is 1.94. The van der Waals surface area contributed by atoms with E-state index in [1.165, 1.54) is 24.6 Å². The van der Waals surface area contributed by atoms with Gasteiger partial charge < -0.3 is 5.73 Å². The Morgan fingerprint density at radius 3 is 2.80 bits per heavy atom. The van der Waals surface area contributed by atoms with E-state index in [0.29, 0.717) is 0 Å². The molecule has 0 spiro atoms. The second kappa shape index (κ2) is 6.91. The number of rotatable bonds is 5. The predicted molar refractivity (Wildman–Crippen MR) is 45.3 cm³/mol. The van der Waals surface area contributed by atoms with Gasteiger partial charge >= 0.3 is 0 Å². The van der Waals surface area contributed by atoms with Gasteiger partial charge in [0.1, 0.15) is 5.40 Å². The van der Waals surface area contributed by atoms with E-state index < -0.39 is 0 Å². The lowest BCUT2D eigenvalue weighted by molar-refractivity contribution is 0.656. The van der Waals surface area contributed by atoms with Crippen molar-refractivity contribution in [3.8, 4) is 5.40 Å². The van der Waals surface area contributed by atoms with Crippen LogP contribution in [0.15, 0.2) is 0 Å². The van der Waals surface area contributed by atoms with Gasteiger partial charge in [-0.05, 0) is 18.2 Å². The van der Waals surface area contributed by atoms with Gasteiger partial charge in [0.25, 0.3) is 0 Å². The highest BCUT2D eigenvalue weighted by Gasteiger charge is 1.99. The fourth-order valence-electron chi connectivity index (χ4n) is 0.722. The number of hydrogen-bond acceptors (Lipinski definition) is 3. The van der Waals surface area contributed by atoms with Crippen molar-refractivity contribution in [1.82, 2.24) is 0 Å². The highest BCUT2D eigenvalue weighted by Crippen LogP contribution is 2.10. The van der Waals surface area contributed by atoms with Crippen molar-refractivity contribution >= 4 is 11.8 Å². The monoisotopic (exact) mass is 158 g/mol. The molecule has 2 N–H and O–H groups in total. The van der Waals surface area contributed by atoms with Crippen LogP contribution in [-0.2, 0) is 0 Å². The maximum absolute atomic E-state index is 8.23. The van der Waals surface area contributed by atoms with Gasteiger partial charge in [-0.3, -0.25) is 0 Å². The van der Waals surface area contributed by atoms with Gasteiger partial charge in [0, 0.05) is 0 Å². The van der Waals surface area contributed by atoms with Crippen molar-refractivity contribution in [3.63, 3.8) is 0 Å². The lowest BCUT2D eigenvalue weighted by Crippen LogP contribution is -2.13. The highest BCUT2D eigenvalue weighted by atomic mass is 32.2. The van der Waals surface area contributed by atoms with Gasteiger partial charge in [-0.15, -0.1) is 0 Å². The predicted octanol–water partition coefficient (Wildman–Crippen LogP) is 2.07. The Balaban J connectivity index is 3.06. The van der Waals surface area contributed by atoms with Crippen molar-refractivity contribution in [2.45, 2.75) is 38.0 Å². The molecule has 0 radical (unpaired) electrons. The number of nitrogens with zero attached hydrogens (tertiary/aromatic N) is 1. The molecule has 0 fully saturated rings.